The van der Waals surface area contributed by atoms with E-state index in [2.05, 4.69) is 5.32 Å². The molecule has 0 fully saturated rings. The number of dihydropyridines is 1. The number of carbonyl (C=O) groups is 3. The summed E-state index contributed by atoms with van der Waals surface area (Å²) >= 11 is 0. The maximum Gasteiger partial charge on any atom is 0.337 e. The minimum atomic E-state index is -1.23. The van der Waals surface area contributed by atoms with Crippen LogP contribution in [0.1, 0.15) is 32.3 Å². The van der Waals surface area contributed by atoms with Gasteiger partial charge < -0.3 is 19.5 Å². The normalized spacial score (nSPS) is 15.9. The molecular formula is C21H24N2O8. The highest BCUT2D eigenvalue weighted by molar-refractivity contribution is 6.03. The van der Waals surface area contributed by atoms with Gasteiger partial charge in [-0.15, -0.1) is 0 Å². The molecule has 0 amide bonds. The number of nitrogens with one attached hydrogen (secondary N) is 1. The molecule has 1 N–H and O–H groups in total. The quantitative estimate of drug-likeness (QED) is 0.194. The number of esters is 2. The Morgan fingerprint density at radius 1 is 1.10 bits per heavy atom. The highest BCUT2D eigenvalue weighted by Crippen LogP contribution is 2.42. The molecule has 1 unspecified atom stereocenters. The van der Waals surface area contributed by atoms with Crippen molar-refractivity contribution >= 4 is 23.9 Å². The van der Waals surface area contributed by atoms with Gasteiger partial charge in [-0.3, -0.25) is 14.9 Å². The summed E-state index contributed by atoms with van der Waals surface area (Å²) in [5.41, 5.74) is -0.376. The summed E-state index contributed by atoms with van der Waals surface area (Å²) in [6, 6.07) is 5.69. The third-order valence-electron chi connectivity index (χ3n) is 4.54. The lowest BCUT2D eigenvalue weighted by Crippen LogP contribution is -2.34. The Morgan fingerprint density at radius 2 is 1.77 bits per heavy atom. The van der Waals surface area contributed by atoms with Crippen molar-refractivity contribution in [1.29, 1.82) is 0 Å². The fraction of sp³-hybridized carbons (Fsp3) is 0.381. The van der Waals surface area contributed by atoms with E-state index in [0.29, 0.717) is 12.9 Å². The predicted molar refractivity (Wildman–Crippen MR) is 109 cm³/mol. The maximum atomic E-state index is 12.9. The van der Waals surface area contributed by atoms with Gasteiger partial charge in [0.15, 0.2) is 6.29 Å². The van der Waals surface area contributed by atoms with Crippen LogP contribution in [0.5, 0.6) is 0 Å². The average molecular weight is 432 g/mol. The molecule has 1 aliphatic rings. The van der Waals surface area contributed by atoms with Crippen LogP contribution in [-0.2, 0) is 28.6 Å². The lowest BCUT2D eigenvalue weighted by Gasteiger charge is -2.29. The van der Waals surface area contributed by atoms with Gasteiger partial charge in [0.1, 0.15) is 6.61 Å². The van der Waals surface area contributed by atoms with Crippen molar-refractivity contribution in [3.05, 3.63) is 62.5 Å². The smallest absolute Gasteiger partial charge is 0.337 e. The first kappa shape index (κ1) is 23.7. The van der Waals surface area contributed by atoms with Crippen molar-refractivity contribution in [3.8, 4) is 0 Å². The average Bonchev–Trinajstić information content (AvgIpc) is 2.75. The number of benzene rings is 1. The molecule has 0 saturated heterocycles. The zero-order chi connectivity index (χ0) is 23.0. The third-order valence-corrected chi connectivity index (χ3v) is 4.54. The van der Waals surface area contributed by atoms with Crippen molar-refractivity contribution in [3.63, 3.8) is 0 Å². The Labute approximate surface area is 179 Å². The van der Waals surface area contributed by atoms with Gasteiger partial charge in [0.25, 0.3) is 5.69 Å². The van der Waals surface area contributed by atoms with E-state index in [-0.39, 0.29) is 53.6 Å². The lowest BCUT2D eigenvalue weighted by molar-refractivity contribution is -0.385. The van der Waals surface area contributed by atoms with Crippen molar-refractivity contribution in [2.75, 3.05) is 26.4 Å². The van der Waals surface area contributed by atoms with Crippen LogP contribution in [-0.4, -0.2) is 49.6 Å². The summed E-state index contributed by atoms with van der Waals surface area (Å²) in [6.45, 7) is 5.46. The molecule has 1 atom stereocenters. The Morgan fingerprint density at radius 3 is 2.39 bits per heavy atom. The molecule has 1 heterocycles. The monoisotopic (exact) mass is 432 g/mol. The van der Waals surface area contributed by atoms with E-state index >= 15 is 0 Å². The number of carbonyl (C=O) groups excluding carboxylic acids is 3. The maximum absolute atomic E-state index is 12.9. The lowest BCUT2D eigenvalue weighted by atomic mass is 9.79. The van der Waals surface area contributed by atoms with Crippen LogP contribution >= 0.6 is 0 Å². The predicted octanol–water partition coefficient (Wildman–Crippen LogP) is 2.15. The molecule has 1 aromatic carbocycles. The molecular weight excluding hydrogens is 408 g/mol. The number of aldehydes is 1. The van der Waals surface area contributed by atoms with E-state index in [1.807, 2.05) is 0 Å². The highest BCUT2D eigenvalue weighted by Gasteiger charge is 2.41. The molecule has 2 rings (SSSR count). The van der Waals surface area contributed by atoms with E-state index in [1.165, 1.54) is 25.1 Å². The van der Waals surface area contributed by atoms with Crippen molar-refractivity contribution in [2.45, 2.75) is 26.7 Å². The van der Waals surface area contributed by atoms with Gasteiger partial charge in [-0.2, -0.15) is 0 Å². The standard InChI is InChI=1S/C21H24N2O8/c1-4-29-10-11-31-20(25)17-13(3)22-15(12-24)19(21(26)30-5-2)18(17)14-8-6-7-9-16(14)23(27)28/h6-9,12,18,22H,4-5,10-11H2,1-3H3. The van der Waals surface area contributed by atoms with Gasteiger partial charge in [-0.05, 0) is 20.8 Å². The molecule has 31 heavy (non-hydrogen) atoms. The zero-order valence-corrected chi connectivity index (χ0v) is 17.5. The summed E-state index contributed by atoms with van der Waals surface area (Å²) in [4.78, 5) is 48.5. The fourth-order valence-electron chi connectivity index (χ4n) is 3.28. The molecule has 0 radical (unpaired) electrons. The number of ether oxygens (including phenoxy) is 3. The van der Waals surface area contributed by atoms with E-state index in [4.69, 9.17) is 14.2 Å². The van der Waals surface area contributed by atoms with Crippen LogP contribution in [0.25, 0.3) is 0 Å². The van der Waals surface area contributed by atoms with E-state index in [0.717, 1.165) is 0 Å². The number of hydrogen-bond acceptors (Lipinski definition) is 9. The summed E-state index contributed by atoms with van der Waals surface area (Å²) in [7, 11) is 0. The van der Waals surface area contributed by atoms with Gasteiger partial charge in [-0.25, -0.2) is 9.59 Å². The van der Waals surface area contributed by atoms with E-state index in [1.54, 1.807) is 19.9 Å². The van der Waals surface area contributed by atoms with Crippen LogP contribution in [0.2, 0.25) is 0 Å². The zero-order valence-electron chi connectivity index (χ0n) is 17.5. The number of rotatable bonds is 10. The highest BCUT2D eigenvalue weighted by atomic mass is 16.6. The molecule has 0 saturated carbocycles. The van der Waals surface area contributed by atoms with Gasteiger partial charge in [0, 0.05) is 23.9 Å². The van der Waals surface area contributed by atoms with Crippen LogP contribution in [0.15, 0.2) is 46.8 Å². The molecule has 10 heteroatoms. The summed E-state index contributed by atoms with van der Waals surface area (Å²) < 4.78 is 15.5. The van der Waals surface area contributed by atoms with Crippen molar-refractivity contribution in [2.24, 2.45) is 0 Å². The Kier molecular flexibility index (Phi) is 8.44. The number of allylic oxidation sites excluding steroid dienone is 2. The Balaban J connectivity index is 2.65. The molecule has 0 aliphatic carbocycles. The van der Waals surface area contributed by atoms with Gasteiger partial charge >= 0.3 is 11.9 Å². The van der Waals surface area contributed by atoms with E-state index < -0.39 is 22.8 Å². The largest absolute Gasteiger partial charge is 0.463 e. The van der Waals surface area contributed by atoms with Crippen molar-refractivity contribution < 1.29 is 33.5 Å². The Bertz CT molecular complexity index is 935. The minimum Gasteiger partial charge on any atom is -0.463 e. The van der Waals surface area contributed by atoms with Gasteiger partial charge in [-0.1, -0.05) is 18.2 Å². The third kappa shape index (κ3) is 5.34. The molecule has 166 valence electrons. The molecule has 1 aromatic rings. The number of nitrogens with zero attached hydrogens (tertiary/aromatic N) is 1. The second-order valence-corrected chi connectivity index (χ2v) is 6.41. The van der Waals surface area contributed by atoms with Gasteiger partial charge in [0.2, 0.25) is 0 Å². The Hall–Kier alpha value is -3.53. The summed E-state index contributed by atoms with van der Waals surface area (Å²) in [5, 5.41) is 14.4. The van der Waals surface area contributed by atoms with Crippen LogP contribution in [0.4, 0.5) is 5.69 Å². The number of para-hydroxylation sites is 1. The second kappa shape index (κ2) is 11.0. The fourth-order valence-corrected chi connectivity index (χ4v) is 3.28. The van der Waals surface area contributed by atoms with E-state index in [9.17, 15) is 24.5 Å². The topological polar surface area (TPSA) is 134 Å². The first-order valence-electron chi connectivity index (χ1n) is 9.69. The number of hydrogen-bond donors (Lipinski definition) is 1. The van der Waals surface area contributed by atoms with Crippen molar-refractivity contribution in [1.82, 2.24) is 5.32 Å². The first-order valence-corrected chi connectivity index (χ1v) is 9.69. The molecule has 10 nitrogen and oxygen atoms in total. The SMILES string of the molecule is CCOCCOC(=O)C1=C(C)NC(C=O)=C(C(=O)OCC)C1c1ccccc1[N+](=O)[O-]. The first-order chi connectivity index (χ1) is 14.9. The number of nitro groups is 1. The van der Waals surface area contributed by atoms with Crippen LogP contribution < -0.4 is 5.32 Å². The van der Waals surface area contributed by atoms with Crippen LogP contribution in [0.3, 0.4) is 0 Å². The van der Waals surface area contributed by atoms with Crippen LogP contribution in [0, 0.1) is 10.1 Å². The summed E-state index contributed by atoms with van der Waals surface area (Å²) in [5.74, 6) is -2.89. The molecule has 1 aliphatic heterocycles. The summed E-state index contributed by atoms with van der Waals surface area (Å²) in [6.07, 6.45) is 0.411. The second-order valence-electron chi connectivity index (χ2n) is 6.41. The molecule has 0 bridgehead atoms. The molecule has 0 spiro atoms. The van der Waals surface area contributed by atoms with Gasteiger partial charge in [0.05, 0.1) is 40.9 Å². The number of nitro benzene ring substituents is 1. The minimum absolute atomic E-state index is 0.00884. The molecule has 0 aromatic heterocycles.